The van der Waals surface area contributed by atoms with Crippen molar-refractivity contribution in [3.63, 3.8) is 0 Å². The number of carbonyl (C=O) groups is 3. The van der Waals surface area contributed by atoms with Crippen LogP contribution in [-0.4, -0.2) is 55.7 Å². The number of allylic oxidation sites excluding steroid dienone is 1. The summed E-state index contributed by atoms with van der Waals surface area (Å²) in [6.45, 7) is 5.18. The number of β-lactam (4-membered cyclic amide) rings is 1. The van der Waals surface area contributed by atoms with Crippen LogP contribution < -0.4 is 5.32 Å². The van der Waals surface area contributed by atoms with Crippen LogP contribution in [0.4, 0.5) is 4.79 Å². The van der Waals surface area contributed by atoms with E-state index in [0.717, 1.165) is 5.03 Å². The Bertz CT molecular complexity index is 880. The first-order valence-electron chi connectivity index (χ1n) is 8.82. The lowest BCUT2D eigenvalue weighted by Crippen LogP contribution is -2.70. The molecule has 10 heteroatoms. The lowest BCUT2D eigenvalue weighted by Gasteiger charge is -2.49. The summed E-state index contributed by atoms with van der Waals surface area (Å²) in [5.41, 5.74) is -0.212. The Morgan fingerprint density at radius 1 is 1.41 bits per heavy atom. The second-order valence-electron chi connectivity index (χ2n) is 7.30. The highest BCUT2D eigenvalue weighted by Crippen LogP contribution is 2.41. The standard InChI is InChI=1S/C19H21N3O5S2/c1-19(2,3)27-18(26)21-13-15(23)22-14(17(24)25)11(10-29-16(13)22)7-9-28-12-6-4-5-8-20-12/h4-9,13,16H,10H2,1-3H3,(H,21,26)(H,24,25)/b9-7+/t13?,16-/m1/s1. The normalized spacial score (nSPS) is 21.6. The molecule has 1 fully saturated rings. The van der Waals surface area contributed by atoms with Crippen LogP contribution in [0.5, 0.6) is 0 Å². The Hall–Kier alpha value is -2.46. The number of alkyl carbamates (subject to hydrolysis) is 1. The molecule has 154 valence electrons. The van der Waals surface area contributed by atoms with E-state index in [2.05, 4.69) is 10.3 Å². The minimum absolute atomic E-state index is 0.0566. The van der Waals surface area contributed by atoms with E-state index in [4.69, 9.17) is 4.74 Å². The number of hydrogen-bond acceptors (Lipinski definition) is 7. The topological polar surface area (TPSA) is 109 Å². The number of nitrogens with one attached hydrogen (secondary N) is 1. The Labute approximate surface area is 176 Å². The molecule has 1 unspecified atom stereocenters. The summed E-state index contributed by atoms with van der Waals surface area (Å²) < 4.78 is 5.18. The second-order valence-corrected chi connectivity index (χ2v) is 9.33. The monoisotopic (exact) mass is 435 g/mol. The third-order valence-corrected chi connectivity index (χ3v) is 6.03. The molecule has 8 nitrogen and oxygen atoms in total. The fourth-order valence-corrected chi connectivity index (χ4v) is 4.78. The van der Waals surface area contributed by atoms with Gasteiger partial charge >= 0.3 is 12.1 Å². The van der Waals surface area contributed by atoms with E-state index in [1.54, 1.807) is 38.5 Å². The summed E-state index contributed by atoms with van der Waals surface area (Å²) in [6.07, 6.45) is 2.67. The number of nitrogens with zero attached hydrogens (tertiary/aromatic N) is 2. The van der Waals surface area contributed by atoms with Crippen molar-refractivity contribution in [1.82, 2.24) is 15.2 Å². The van der Waals surface area contributed by atoms with E-state index in [0.29, 0.717) is 11.3 Å². The van der Waals surface area contributed by atoms with E-state index in [9.17, 15) is 19.5 Å². The predicted molar refractivity (Wildman–Crippen MR) is 110 cm³/mol. The van der Waals surface area contributed by atoms with Gasteiger partial charge in [-0.2, -0.15) is 0 Å². The number of pyridine rings is 1. The van der Waals surface area contributed by atoms with Crippen LogP contribution in [0.3, 0.4) is 0 Å². The molecule has 2 atom stereocenters. The van der Waals surface area contributed by atoms with Crippen LogP contribution in [0.15, 0.2) is 52.2 Å². The molecule has 0 bridgehead atoms. The zero-order chi connectivity index (χ0) is 21.2. The maximum Gasteiger partial charge on any atom is 0.408 e. The molecule has 29 heavy (non-hydrogen) atoms. The van der Waals surface area contributed by atoms with Crippen molar-refractivity contribution < 1.29 is 24.2 Å². The molecule has 3 heterocycles. The van der Waals surface area contributed by atoms with Crippen LogP contribution in [-0.2, 0) is 14.3 Å². The lowest BCUT2D eigenvalue weighted by molar-refractivity contribution is -0.149. The van der Waals surface area contributed by atoms with Gasteiger partial charge in [0, 0.05) is 11.9 Å². The molecule has 2 amide bonds. The van der Waals surface area contributed by atoms with Gasteiger partial charge in [-0.25, -0.2) is 14.6 Å². The summed E-state index contributed by atoms with van der Waals surface area (Å²) in [5.74, 6) is -1.24. The SMILES string of the molecule is CC(C)(C)OC(=O)NC1C(=O)N2C(C(=O)O)=C(/C=C/Sc3ccccn3)CS[C@H]12. The summed E-state index contributed by atoms with van der Waals surface area (Å²) in [7, 11) is 0. The van der Waals surface area contributed by atoms with E-state index in [-0.39, 0.29) is 5.70 Å². The van der Waals surface area contributed by atoms with Gasteiger partial charge in [0.05, 0.1) is 0 Å². The minimum Gasteiger partial charge on any atom is -0.477 e. The molecular formula is C19H21N3O5S2. The van der Waals surface area contributed by atoms with Crippen LogP contribution in [0.2, 0.25) is 0 Å². The molecule has 1 saturated heterocycles. The highest BCUT2D eigenvalue weighted by atomic mass is 32.2. The quantitative estimate of drug-likeness (QED) is 0.537. The zero-order valence-corrected chi connectivity index (χ0v) is 17.8. The molecule has 2 aliphatic heterocycles. The fraction of sp³-hybridized carbons (Fsp3) is 0.368. The number of ether oxygens (including phenoxy) is 1. The first-order valence-corrected chi connectivity index (χ1v) is 10.7. The van der Waals surface area contributed by atoms with Gasteiger partial charge in [-0.15, -0.1) is 11.8 Å². The van der Waals surface area contributed by atoms with Gasteiger partial charge in [0.2, 0.25) is 0 Å². The van der Waals surface area contributed by atoms with Crippen LogP contribution in [0.1, 0.15) is 20.8 Å². The summed E-state index contributed by atoms with van der Waals surface area (Å²) in [5, 5.41) is 14.3. The third-order valence-electron chi connectivity index (χ3n) is 3.97. The average Bonchev–Trinajstić information content (AvgIpc) is 2.65. The Kier molecular flexibility index (Phi) is 6.23. The number of carboxylic acid groups (broad SMARTS) is 1. The number of rotatable bonds is 5. The molecule has 2 aliphatic rings. The Balaban J connectivity index is 1.71. The lowest BCUT2D eigenvalue weighted by atomic mass is 10.0. The first-order chi connectivity index (χ1) is 13.7. The fourth-order valence-electron chi connectivity index (χ4n) is 2.81. The molecule has 0 saturated carbocycles. The maximum atomic E-state index is 12.6. The third kappa shape index (κ3) is 4.94. The number of carbonyl (C=O) groups excluding carboxylic acids is 2. The highest BCUT2D eigenvalue weighted by Gasteiger charge is 2.54. The van der Waals surface area contributed by atoms with Crippen molar-refractivity contribution in [3.05, 3.63) is 47.2 Å². The Morgan fingerprint density at radius 2 is 2.17 bits per heavy atom. The Morgan fingerprint density at radius 3 is 2.79 bits per heavy atom. The van der Waals surface area contributed by atoms with Crippen LogP contribution in [0.25, 0.3) is 0 Å². The molecule has 2 N–H and O–H groups in total. The van der Waals surface area contributed by atoms with Gasteiger partial charge in [-0.1, -0.05) is 17.8 Å². The van der Waals surface area contributed by atoms with Crippen molar-refractivity contribution in [2.75, 3.05) is 5.75 Å². The average molecular weight is 436 g/mol. The number of amides is 2. The molecule has 0 aliphatic carbocycles. The van der Waals surface area contributed by atoms with Gasteiger partial charge in [0.25, 0.3) is 5.91 Å². The van der Waals surface area contributed by atoms with Gasteiger partial charge in [0.1, 0.15) is 27.7 Å². The second kappa shape index (κ2) is 8.50. The molecule has 0 aromatic carbocycles. The van der Waals surface area contributed by atoms with Crippen molar-refractivity contribution >= 4 is 41.5 Å². The molecular weight excluding hydrogens is 414 g/mol. The van der Waals surface area contributed by atoms with E-state index in [1.165, 1.54) is 28.4 Å². The molecule has 1 aromatic rings. The molecule has 1 aromatic heterocycles. The van der Waals surface area contributed by atoms with Gasteiger partial charge < -0.3 is 15.2 Å². The van der Waals surface area contributed by atoms with E-state index < -0.39 is 35.0 Å². The predicted octanol–water partition coefficient (Wildman–Crippen LogP) is 2.83. The van der Waals surface area contributed by atoms with Gasteiger partial charge in [-0.05, 0) is 50.0 Å². The smallest absolute Gasteiger partial charge is 0.408 e. The van der Waals surface area contributed by atoms with Crippen molar-refractivity contribution in [1.29, 1.82) is 0 Å². The van der Waals surface area contributed by atoms with Gasteiger partial charge in [-0.3, -0.25) is 9.69 Å². The van der Waals surface area contributed by atoms with Crippen LogP contribution >= 0.6 is 23.5 Å². The molecule has 0 radical (unpaired) electrons. The van der Waals surface area contributed by atoms with E-state index >= 15 is 0 Å². The van der Waals surface area contributed by atoms with E-state index in [1.807, 2.05) is 18.2 Å². The number of aliphatic carboxylic acids is 1. The summed E-state index contributed by atoms with van der Waals surface area (Å²) in [6, 6.07) is 4.72. The van der Waals surface area contributed by atoms with Crippen molar-refractivity contribution in [3.8, 4) is 0 Å². The minimum atomic E-state index is -1.18. The summed E-state index contributed by atoms with van der Waals surface area (Å²) in [4.78, 5) is 41.8. The highest BCUT2D eigenvalue weighted by molar-refractivity contribution is 8.02. The molecule has 3 rings (SSSR count). The zero-order valence-electron chi connectivity index (χ0n) is 16.1. The maximum absolute atomic E-state index is 12.6. The number of hydrogen-bond donors (Lipinski definition) is 2. The summed E-state index contributed by atoms with van der Waals surface area (Å²) >= 11 is 2.76. The van der Waals surface area contributed by atoms with Crippen molar-refractivity contribution in [2.24, 2.45) is 0 Å². The number of fused-ring (bicyclic) bond motifs is 1. The number of aromatic nitrogens is 1. The largest absolute Gasteiger partial charge is 0.477 e. The first kappa shape index (κ1) is 21.3. The number of thioether (sulfide) groups is 2. The molecule has 0 spiro atoms. The van der Waals surface area contributed by atoms with Crippen LogP contribution in [0, 0.1) is 0 Å². The van der Waals surface area contributed by atoms with Gasteiger partial charge in [0.15, 0.2) is 0 Å². The van der Waals surface area contributed by atoms with Crippen molar-refractivity contribution in [2.45, 2.75) is 42.8 Å². The number of carboxylic acids is 1.